The van der Waals surface area contributed by atoms with Crippen molar-refractivity contribution in [2.45, 2.75) is 13.8 Å². The maximum absolute atomic E-state index is 13.9. The van der Waals surface area contributed by atoms with Crippen molar-refractivity contribution in [1.29, 1.82) is 0 Å². The molecule has 3 rings (SSSR count). The summed E-state index contributed by atoms with van der Waals surface area (Å²) >= 11 is 4.59. The molecule has 0 fully saturated rings. The molecule has 26 heavy (non-hydrogen) atoms. The molecule has 2 aromatic carbocycles. The second-order valence-corrected chi connectivity index (χ2v) is 7.58. The highest BCUT2D eigenvalue weighted by molar-refractivity contribution is 9.10. The van der Waals surface area contributed by atoms with E-state index in [0.29, 0.717) is 16.2 Å². The van der Waals surface area contributed by atoms with E-state index < -0.39 is 11.7 Å². The van der Waals surface area contributed by atoms with Crippen LogP contribution < -0.4 is 10.1 Å². The number of carbonyl (C=O) groups is 1. The van der Waals surface area contributed by atoms with Gasteiger partial charge in [-0.2, -0.15) is 0 Å². The highest BCUT2D eigenvalue weighted by Crippen LogP contribution is 2.31. The zero-order valence-electron chi connectivity index (χ0n) is 14.2. The molecule has 1 amide bonds. The van der Waals surface area contributed by atoms with E-state index >= 15 is 0 Å². The monoisotopic (exact) mass is 434 g/mol. The zero-order valence-corrected chi connectivity index (χ0v) is 16.6. The average Bonchev–Trinajstić information content (AvgIpc) is 2.98. The summed E-state index contributed by atoms with van der Waals surface area (Å²) in [6, 6.07) is 11.8. The van der Waals surface area contributed by atoms with Crippen LogP contribution in [0.3, 0.4) is 0 Å². The summed E-state index contributed by atoms with van der Waals surface area (Å²) in [5.41, 5.74) is 1.68. The van der Waals surface area contributed by atoms with Crippen molar-refractivity contribution in [2.24, 2.45) is 0 Å². The van der Waals surface area contributed by atoms with Crippen LogP contribution in [0.2, 0.25) is 0 Å². The Labute approximate surface area is 163 Å². The summed E-state index contributed by atoms with van der Waals surface area (Å²) in [6.45, 7) is 4.47. The molecule has 134 valence electrons. The van der Waals surface area contributed by atoms with Gasteiger partial charge in [0.2, 0.25) is 0 Å². The van der Waals surface area contributed by atoms with Crippen LogP contribution in [-0.4, -0.2) is 17.5 Å². The second-order valence-electron chi connectivity index (χ2n) is 5.46. The molecule has 4 nitrogen and oxygen atoms in total. The van der Waals surface area contributed by atoms with Gasteiger partial charge in [-0.3, -0.25) is 10.1 Å². The minimum atomic E-state index is -0.578. The summed E-state index contributed by atoms with van der Waals surface area (Å²) in [5, 5.41) is 3.10. The number of aromatic nitrogens is 1. The predicted molar refractivity (Wildman–Crippen MR) is 106 cm³/mol. The Kier molecular flexibility index (Phi) is 5.68. The number of carbonyl (C=O) groups excluding carboxylic acids is 1. The Morgan fingerprint density at radius 1 is 1.27 bits per heavy atom. The van der Waals surface area contributed by atoms with Crippen molar-refractivity contribution in [2.75, 3.05) is 11.9 Å². The maximum Gasteiger partial charge on any atom is 0.260 e. The van der Waals surface area contributed by atoms with Gasteiger partial charge in [0.05, 0.1) is 17.9 Å². The molecule has 0 aliphatic heterocycles. The number of anilines is 1. The lowest BCUT2D eigenvalue weighted by atomic mass is 10.1. The number of hydrogen-bond acceptors (Lipinski definition) is 4. The summed E-state index contributed by atoms with van der Waals surface area (Å²) < 4.78 is 19.9. The molecule has 1 N–H and O–H groups in total. The lowest BCUT2D eigenvalue weighted by Crippen LogP contribution is -2.13. The Balaban J connectivity index is 1.81. The van der Waals surface area contributed by atoms with Gasteiger partial charge in [0, 0.05) is 14.9 Å². The van der Waals surface area contributed by atoms with Crippen LogP contribution in [-0.2, 0) is 0 Å². The number of ether oxygens (including phenoxy) is 1. The average molecular weight is 435 g/mol. The molecule has 1 heterocycles. The number of nitrogens with one attached hydrogen (secondary N) is 1. The molecule has 0 atom stereocenters. The largest absolute Gasteiger partial charge is 0.494 e. The molecule has 0 unspecified atom stereocenters. The summed E-state index contributed by atoms with van der Waals surface area (Å²) in [6.07, 6.45) is 0. The van der Waals surface area contributed by atoms with Crippen molar-refractivity contribution < 1.29 is 13.9 Å². The molecule has 7 heteroatoms. The molecule has 1 aromatic heterocycles. The third-order valence-corrected chi connectivity index (χ3v) is 5.01. The molecule has 0 spiro atoms. The van der Waals surface area contributed by atoms with Crippen LogP contribution in [0.25, 0.3) is 11.3 Å². The fourth-order valence-electron chi connectivity index (χ4n) is 2.43. The number of amides is 1. The van der Waals surface area contributed by atoms with E-state index in [2.05, 4.69) is 26.2 Å². The van der Waals surface area contributed by atoms with Gasteiger partial charge < -0.3 is 4.74 Å². The van der Waals surface area contributed by atoms with Gasteiger partial charge in [-0.25, -0.2) is 9.37 Å². The Hall–Kier alpha value is -2.25. The van der Waals surface area contributed by atoms with E-state index in [-0.39, 0.29) is 5.56 Å². The van der Waals surface area contributed by atoms with Gasteiger partial charge in [0.15, 0.2) is 5.13 Å². The van der Waals surface area contributed by atoms with Crippen molar-refractivity contribution >= 4 is 38.3 Å². The first-order chi connectivity index (χ1) is 12.5. The zero-order chi connectivity index (χ0) is 18.7. The van der Waals surface area contributed by atoms with Gasteiger partial charge in [0.25, 0.3) is 5.91 Å². The van der Waals surface area contributed by atoms with Crippen molar-refractivity contribution in [3.8, 4) is 17.0 Å². The number of benzene rings is 2. The van der Waals surface area contributed by atoms with Gasteiger partial charge >= 0.3 is 0 Å². The molecule has 0 aliphatic rings. The standard InChI is InChI=1S/C19H16BrFN2O2S/c1-3-25-14-7-4-12(5-8-14)17-11(2)26-19(22-17)23-18(24)15-10-13(20)6-9-16(15)21/h4-10H,3H2,1-2H3,(H,22,23,24). The number of rotatable bonds is 5. The number of halogens is 2. The van der Waals surface area contributed by atoms with Gasteiger partial charge in [-0.05, 0) is 56.3 Å². The fraction of sp³-hybridized carbons (Fsp3) is 0.158. The predicted octanol–water partition coefficient (Wildman–Crippen LogP) is 5.67. The highest BCUT2D eigenvalue weighted by Gasteiger charge is 2.16. The lowest BCUT2D eigenvalue weighted by molar-refractivity contribution is 0.102. The van der Waals surface area contributed by atoms with E-state index in [4.69, 9.17) is 4.74 Å². The van der Waals surface area contributed by atoms with Crippen LogP contribution in [0.4, 0.5) is 9.52 Å². The maximum atomic E-state index is 13.9. The molecular formula is C19H16BrFN2O2S. The van der Waals surface area contributed by atoms with E-state index in [1.54, 1.807) is 6.07 Å². The topological polar surface area (TPSA) is 51.2 Å². The van der Waals surface area contributed by atoms with Crippen LogP contribution in [0.1, 0.15) is 22.2 Å². The number of thiazole rings is 1. The molecule has 0 aliphatic carbocycles. The third-order valence-electron chi connectivity index (χ3n) is 3.63. The first-order valence-corrected chi connectivity index (χ1v) is 9.56. The quantitative estimate of drug-likeness (QED) is 0.562. The smallest absolute Gasteiger partial charge is 0.260 e. The third kappa shape index (κ3) is 4.11. The van der Waals surface area contributed by atoms with E-state index in [0.717, 1.165) is 21.9 Å². The summed E-state index contributed by atoms with van der Waals surface area (Å²) in [5.74, 6) is -0.315. The Morgan fingerprint density at radius 3 is 2.69 bits per heavy atom. The Morgan fingerprint density at radius 2 is 2.00 bits per heavy atom. The fourth-order valence-corrected chi connectivity index (χ4v) is 3.62. The first-order valence-electron chi connectivity index (χ1n) is 7.95. The van der Waals surface area contributed by atoms with Gasteiger partial charge in [-0.1, -0.05) is 15.9 Å². The number of aryl methyl sites for hydroxylation is 1. The van der Waals surface area contributed by atoms with E-state index in [9.17, 15) is 9.18 Å². The summed E-state index contributed by atoms with van der Waals surface area (Å²) in [7, 11) is 0. The first kappa shape index (κ1) is 18.5. The molecule has 0 saturated heterocycles. The van der Waals surface area contributed by atoms with Crippen LogP contribution in [0.15, 0.2) is 46.9 Å². The molecule has 0 radical (unpaired) electrons. The molecule has 3 aromatic rings. The molecule has 0 saturated carbocycles. The number of nitrogens with zero attached hydrogens (tertiary/aromatic N) is 1. The second kappa shape index (κ2) is 7.97. The molecule has 0 bridgehead atoms. The van der Waals surface area contributed by atoms with Crippen molar-refractivity contribution in [3.05, 3.63) is 63.2 Å². The van der Waals surface area contributed by atoms with E-state index in [1.165, 1.54) is 23.5 Å². The minimum Gasteiger partial charge on any atom is -0.494 e. The SMILES string of the molecule is CCOc1ccc(-c2nc(NC(=O)c3cc(Br)ccc3F)sc2C)cc1. The van der Waals surface area contributed by atoms with Crippen molar-refractivity contribution in [1.82, 2.24) is 4.98 Å². The summed E-state index contributed by atoms with van der Waals surface area (Å²) in [4.78, 5) is 17.8. The normalized spacial score (nSPS) is 10.6. The van der Waals surface area contributed by atoms with Crippen LogP contribution in [0.5, 0.6) is 5.75 Å². The van der Waals surface area contributed by atoms with Crippen LogP contribution in [0, 0.1) is 12.7 Å². The molecular weight excluding hydrogens is 419 g/mol. The number of hydrogen-bond donors (Lipinski definition) is 1. The lowest BCUT2D eigenvalue weighted by Gasteiger charge is -2.04. The van der Waals surface area contributed by atoms with Crippen LogP contribution >= 0.6 is 27.3 Å². The Bertz CT molecular complexity index is 941. The highest BCUT2D eigenvalue weighted by atomic mass is 79.9. The van der Waals surface area contributed by atoms with Crippen molar-refractivity contribution in [3.63, 3.8) is 0 Å². The van der Waals surface area contributed by atoms with Gasteiger partial charge in [0.1, 0.15) is 11.6 Å². The van der Waals surface area contributed by atoms with Gasteiger partial charge in [-0.15, -0.1) is 11.3 Å². The minimum absolute atomic E-state index is 0.0326. The van der Waals surface area contributed by atoms with E-state index in [1.807, 2.05) is 38.1 Å².